The SMILES string of the molecule is Cc1cc(N)c(C#N)c(Br)c1. The molecule has 1 aromatic rings. The van der Waals surface area contributed by atoms with Crippen LogP contribution in [-0.2, 0) is 0 Å². The van der Waals surface area contributed by atoms with E-state index in [2.05, 4.69) is 15.9 Å². The fourth-order valence-electron chi connectivity index (χ4n) is 0.887. The van der Waals surface area contributed by atoms with E-state index in [9.17, 15) is 0 Å². The van der Waals surface area contributed by atoms with Crippen molar-refractivity contribution < 1.29 is 0 Å². The number of nitrogens with two attached hydrogens (primary N) is 1. The van der Waals surface area contributed by atoms with Gasteiger partial charge in [-0.1, -0.05) is 0 Å². The molecule has 0 amide bonds. The first-order valence-electron chi connectivity index (χ1n) is 3.11. The number of hydrogen-bond acceptors (Lipinski definition) is 2. The summed E-state index contributed by atoms with van der Waals surface area (Å²) < 4.78 is 0.762. The van der Waals surface area contributed by atoms with Crippen LogP contribution in [0, 0.1) is 18.3 Å². The molecule has 0 radical (unpaired) electrons. The number of aryl methyl sites for hydroxylation is 1. The minimum Gasteiger partial charge on any atom is -0.398 e. The predicted octanol–water partition coefficient (Wildman–Crippen LogP) is 2.21. The number of nitriles is 1. The molecular formula is C8H7BrN2. The predicted molar refractivity (Wildman–Crippen MR) is 48.0 cm³/mol. The molecule has 0 aliphatic heterocycles. The van der Waals surface area contributed by atoms with E-state index < -0.39 is 0 Å². The summed E-state index contributed by atoms with van der Waals surface area (Å²) in [5.74, 6) is 0. The Morgan fingerprint density at radius 2 is 2.18 bits per heavy atom. The number of halogens is 1. The Labute approximate surface area is 73.8 Å². The minimum atomic E-state index is 0.510. The molecule has 1 rings (SSSR count). The van der Waals surface area contributed by atoms with E-state index in [1.807, 2.05) is 19.1 Å². The van der Waals surface area contributed by atoms with Crippen molar-refractivity contribution in [1.29, 1.82) is 5.26 Å². The smallest absolute Gasteiger partial charge is 0.102 e. The van der Waals surface area contributed by atoms with E-state index in [1.54, 1.807) is 6.07 Å². The summed E-state index contributed by atoms with van der Waals surface area (Å²) >= 11 is 3.26. The summed E-state index contributed by atoms with van der Waals surface area (Å²) in [7, 11) is 0. The molecule has 0 saturated heterocycles. The fourth-order valence-corrected chi connectivity index (χ4v) is 1.57. The summed E-state index contributed by atoms with van der Waals surface area (Å²) in [6.07, 6.45) is 0. The van der Waals surface area contributed by atoms with Crippen LogP contribution in [0.3, 0.4) is 0 Å². The van der Waals surface area contributed by atoms with Gasteiger partial charge in [0, 0.05) is 4.47 Å². The molecule has 0 heterocycles. The zero-order chi connectivity index (χ0) is 8.43. The fraction of sp³-hybridized carbons (Fsp3) is 0.125. The van der Waals surface area contributed by atoms with Crippen molar-refractivity contribution in [3.8, 4) is 6.07 Å². The summed E-state index contributed by atoms with van der Waals surface area (Å²) in [4.78, 5) is 0. The van der Waals surface area contributed by atoms with Crippen LogP contribution >= 0.6 is 15.9 Å². The second-order valence-corrected chi connectivity index (χ2v) is 3.18. The van der Waals surface area contributed by atoms with Crippen molar-refractivity contribution in [1.82, 2.24) is 0 Å². The molecule has 0 fully saturated rings. The lowest BCUT2D eigenvalue weighted by Gasteiger charge is -2.00. The van der Waals surface area contributed by atoms with Gasteiger partial charge in [-0.2, -0.15) is 5.26 Å². The highest BCUT2D eigenvalue weighted by Gasteiger charge is 2.03. The molecule has 0 atom stereocenters. The van der Waals surface area contributed by atoms with Crippen molar-refractivity contribution in [2.24, 2.45) is 0 Å². The molecule has 0 aromatic heterocycles. The molecule has 0 spiro atoms. The lowest BCUT2D eigenvalue weighted by atomic mass is 10.1. The molecule has 0 bridgehead atoms. The highest BCUT2D eigenvalue weighted by molar-refractivity contribution is 9.10. The molecule has 0 unspecified atom stereocenters. The van der Waals surface area contributed by atoms with E-state index in [-0.39, 0.29) is 0 Å². The van der Waals surface area contributed by atoms with Gasteiger partial charge in [0.05, 0.1) is 11.3 Å². The Morgan fingerprint density at radius 1 is 1.55 bits per heavy atom. The highest BCUT2D eigenvalue weighted by Crippen LogP contribution is 2.23. The van der Waals surface area contributed by atoms with Crippen molar-refractivity contribution >= 4 is 21.6 Å². The first kappa shape index (κ1) is 8.09. The quantitative estimate of drug-likeness (QED) is 0.668. The van der Waals surface area contributed by atoms with Crippen LogP contribution in [-0.4, -0.2) is 0 Å². The van der Waals surface area contributed by atoms with Crippen molar-refractivity contribution in [2.75, 3.05) is 5.73 Å². The minimum absolute atomic E-state index is 0.510. The molecule has 56 valence electrons. The van der Waals surface area contributed by atoms with Crippen LogP contribution in [0.25, 0.3) is 0 Å². The van der Waals surface area contributed by atoms with Crippen LogP contribution in [0.2, 0.25) is 0 Å². The van der Waals surface area contributed by atoms with Crippen LogP contribution < -0.4 is 5.73 Å². The van der Waals surface area contributed by atoms with E-state index in [0.29, 0.717) is 11.3 Å². The van der Waals surface area contributed by atoms with Gasteiger partial charge in [-0.25, -0.2) is 0 Å². The van der Waals surface area contributed by atoms with Crippen molar-refractivity contribution in [2.45, 2.75) is 6.92 Å². The zero-order valence-electron chi connectivity index (χ0n) is 6.06. The molecule has 2 nitrogen and oxygen atoms in total. The maximum Gasteiger partial charge on any atom is 0.102 e. The normalized spacial score (nSPS) is 9.18. The molecular weight excluding hydrogens is 204 g/mol. The van der Waals surface area contributed by atoms with Crippen molar-refractivity contribution in [3.63, 3.8) is 0 Å². The molecule has 0 aliphatic rings. The summed E-state index contributed by atoms with van der Waals surface area (Å²) in [5.41, 5.74) is 7.67. The average Bonchev–Trinajstić information content (AvgIpc) is 1.85. The maximum atomic E-state index is 8.63. The standard InChI is InChI=1S/C8H7BrN2/c1-5-2-7(9)6(4-10)8(11)3-5/h2-3H,11H2,1H3. The highest BCUT2D eigenvalue weighted by atomic mass is 79.9. The number of hydrogen-bond donors (Lipinski definition) is 1. The third kappa shape index (κ3) is 1.52. The maximum absolute atomic E-state index is 8.63. The Balaban J connectivity index is 3.40. The van der Waals surface area contributed by atoms with Crippen LogP contribution in [0.1, 0.15) is 11.1 Å². The van der Waals surface area contributed by atoms with E-state index in [0.717, 1.165) is 10.0 Å². The molecule has 1 aromatic carbocycles. The average molecular weight is 211 g/mol. The number of nitrogens with zero attached hydrogens (tertiary/aromatic N) is 1. The van der Waals surface area contributed by atoms with Crippen LogP contribution in [0.4, 0.5) is 5.69 Å². The van der Waals surface area contributed by atoms with Gasteiger partial charge in [0.1, 0.15) is 6.07 Å². The second-order valence-electron chi connectivity index (χ2n) is 2.32. The zero-order valence-corrected chi connectivity index (χ0v) is 7.64. The summed E-state index contributed by atoms with van der Waals surface area (Å²) in [6.45, 7) is 1.93. The van der Waals surface area contributed by atoms with Crippen molar-refractivity contribution in [3.05, 3.63) is 27.7 Å². The topological polar surface area (TPSA) is 49.8 Å². The number of benzene rings is 1. The van der Waals surface area contributed by atoms with Gasteiger partial charge in [0.15, 0.2) is 0 Å². The Hall–Kier alpha value is -1.01. The third-order valence-electron chi connectivity index (χ3n) is 1.38. The number of anilines is 1. The van der Waals surface area contributed by atoms with E-state index in [1.165, 1.54) is 0 Å². The van der Waals surface area contributed by atoms with Gasteiger partial charge >= 0.3 is 0 Å². The summed E-state index contributed by atoms with van der Waals surface area (Å²) in [6, 6.07) is 5.67. The van der Waals surface area contributed by atoms with Crippen LogP contribution in [0.5, 0.6) is 0 Å². The molecule has 3 heteroatoms. The third-order valence-corrected chi connectivity index (χ3v) is 2.00. The van der Waals surface area contributed by atoms with Gasteiger partial charge in [-0.05, 0) is 40.5 Å². The number of rotatable bonds is 0. The van der Waals surface area contributed by atoms with E-state index >= 15 is 0 Å². The first-order chi connectivity index (χ1) is 5.15. The Bertz CT molecular complexity index is 302. The van der Waals surface area contributed by atoms with Crippen LogP contribution in [0.15, 0.2) is 16.6 Å². The lowest BCUT2D eigenvalue weighted by Crippen LogP contribution is -1.91. The van der Waals surface area contributed by atoms with E-state index in [4.69, 9.17) is 11.0 Å². The first-order valence-corrected chi connectivity index (χ1v) is 3.90. The molecule has 2 N–H and O–H groups in total. The second kappa shape index (κ2) is 2.93. The molecule has 11 heavy (non-hydrogen) atoms. The monoisotopic (exact) mass is 210 g/mol. The van der Waals surface area contributed by atoms with Gasteiger partial charge in [-0.3, -0.25) is 0 Å². The van der Waals surface area contributed by atoms with Gasteiger partial charge in [0.2, 0.25) is 0 Å². The molecule has 0 saturated carbocycles. The largest absolute Gasteiger partial charge is 0.398 e. The lowest BCUT2D eigenvalue weighted by molar-refractivity contribution is 1.41. The van der Waals surface area contributed by atoms with Gasteiger partial charge < -0.3 is 5.73 Å². The Morgan fingerprint density at radius 3 is 2.64 bits per heavy atom. The molecule has 0 aliphatic carbocycles. The Kier molecular flexibility index (Phi) is 2.16. The summed E-state index contributed by atoms with van der Waals surface area (Å²) in [5, 5.41) is 8.63. The van der Waals surface area contributed by atoms with Gasteiger partial charge in [-0.15, -0.1) is 0 Å². The van der Waals surface area contributed by atoms with Gasteiger partial charge in [0.25, 0.3) is 0 Å². The number of nitrogen functional groups attached to an aromatic ring is 1.